The summed E-state index contributed by atoms with van der Waals surface area (Å²) < 4.78 is 12.7. The standard InChI is InChI=1S/C9H9FN4O2/c1-14-8(15)2-5(9(14)16)13-7-3-6(10)11-4-12-7/h3-5H,2H2,1H3,(H,11,12,13). The molecule has 84 valence electrons. The van der Waals surface area contributed by atoms with Crippen LogP contribution in [0.1, 0.15) is 6.42 Å². The molecule has 1 fully saturated rings. The fraction of sp³-hybridized carbons (Fsp3) is 0.333. The van der Waals surface area contributed by atoms with Crippen LogP contribution in [0.4, 0.5) is 10.2 Å². The third-order valence-electron chi connectivity index (χ3n) is 2.34. The second-order valence-electron chi connectivity index (χ2n) is 3.42. The van der Waals surface area contributed by atoms with Crippen LogP contribution in [0.15, 0.2) is 12.4 Å². The highest BCUT2D eigenvalue weighted by molar-refractivity contribution is 6.06. The Morgan fingerprint density at radius 1 is 1.50 bits per heavy atom. The summed E-state index contributed by atoms with van der Waals surface area (Å²) in [6.07, 6.45) is 1.10. The molecule has 0 saturated carbocycles. The van der Waals surface area contributed by atoms with Gasteiger partial charge in [0.15, 0.2) is 0 Å². The lowest BCUT2D eigenvalue weighted by molar-refractivity contribution is -0.136. The minimum atomic E-state index is -0.692. The van der Waals surface area contributed by atoms with Crippen molar-refractivity contribution in [2.24, 2.45) is 0 Å². The Morgan fingerprint density at radius 2 is 2.25 bits per heavy atom. The predicted molar refractivity (Wildman–Crippen MR) is 51.8 cm³/mol. The summed E-state index contributed by atoms with van der Waals surface area (Å²) in [6.45, 7) is 0. The van der Waals surface area contributed by atoms with E-state index in [4.69, 9.17) is 0 Å². The molecule has 7 heteroatoms. The van der Waals surface area contributed by atoms with Gasteiger partial charge in [-0.15, -0.1) is 0 Å². The number of carbonyl (C=O) groups is 2. The van der Waals surface area contributed by atoms with Crippen molar-refractivity contribution in [1.82, 2.24) is 14.9 Å². The largest absolute Gasteiger partial charge is 0.358 e. The number of anilines is 1. The normalized spacial score (nSPS) is 20.4. The molecular weight excluding hydrogens is 215 g/mol. The Balaban J connectivity index is 2.12. The molecule has 0 spiro atoms. The molecule has 1 aromatic heterocycles. The van der Waals surface area contributed by atoms with Crippen LogP contribution in [0.25, 0.3) is 0 Å². The summed E-state index contributed by atoms with van der Waals surface area (Å²) in [4.78, 5) is 30.8. The lowest BCUT2D eigenvalue weighted by atomic mass is 10.2. The fourth-order valence-corrected chi connectivity index (χ4v) is 1.46. The Hall–Kier alpha value is -2.05. The second kappa shape index (κ2) is 3.84. The summed E-state index contributed by atoms with van der Waals surface area (Å²) in [5.41, 5.74) is 0. The van der Waals surface area contributed by atoms with Crippen molar-refractivity contribution >= 4 is 17.6 Å². The molecule has 2 amide bonds. The zero-order chi connectivity index (χ0) is 11.7. The van der Waals surface area contributed by atoms with Gasteiger partial charge in [-0.1, -0.05) is 0 Å². The van der Waals surface area contributed by atoms with Crippen LogP contribution >= 0.6 is 0 Å². The number of likely N-dealkylation sites (tertiary alicyclic amines) is 1. The van der Waals surface area contributed by atoms with Gasteiger partial charge in [0, 0.05) is 13.1 Å². The summed E-state index contributed by atoms with van der Waals surface area (Å²) in [6, 6.07) is 0.391. The van der Waals surface area contributed by atoms with Crippen molar-refractivity contribution in [2.45, 2.75) is 12.5 Å². The van der Waals surface area contributed by atoms with Crippen molar-refractivity contribution in [1.29, 1.82) is 0 Å². The molecule has 1 unspecified atom stereocenters. The number of aromatic nitrogens is 2. The highest BCUT2D eigenvalue weighted by atomic mass is 19.1. The molecule has 2 rings (SSSR count). The van der Waals surface area contributed by atoms with E-state index < -0.39 is 12.0 Å². The first-order valence-electron chi connectivity index (χ1n) is 4.62. The molecule has 2 heterocycles. The van der Waals surface area contributed by atoms with Crippen molar-refractivity contribution in [3.05, 3.63) is 18.3 Å². The summed E-state index contributed by atoms with van der Waals surface area (Å²) in [7, 11) is 1.41. The summed E-state index contributed by atoms with van der Waals surface area (Å²) >= 11 is 0. The Bertz CT molecular complexity index is 451. The minimum Gasteiger partial charge on any atom is -0.358 e. The third-order valence-corrected chi connectivity index (χ3v) is 2.34. The summed E-state index contributed by atoms with van der Waals surface area (Å²) in [5, 5.41) is 2.69. The van der Waals surface area contributed by atoms with Crippen LogP contribution in [0, 0.1) is 5.95 Å². The highest BCUT2D eigenvalue weighted by Crippen LogP contribution is 2.15. The smallest absolute Gasteiger partial charge is 0.251 e. The van der Waals surface area contributed by atoms with E-state index in [9.17, 15) is 14.0 Å². The van der Waals surface area contributed by atoms with Crippen molar-refractivity contribution < 1.29 is 14.0 Å². The quantitative estimate of drug-likeness (QED) is 0.555. The second-order valence-corrected chi connectivity index (χ2v) is 3.42. The van der Waals surface area contributed by atoms with Crippen molar-refractivity contribution in [3.8, 4) is 0 Å². The summed E-state index contributed by atoms with van der Waals surface area (Å²) in [5.74, 6) is -1.11. The van der Waals surface area contributed by atoms with Gasteiger partial charge in [0.05, 0.1) is 6.42 Å². The van der Waals surface area contributed by atoms with E-state index in [-0.39, 0.29) is 24.1 Å². The molecule has 1 saturated heterocycles. The predicted octanol–water partition coefficient (Wildman–Crippen LogP) is -0.215. The van der Waals surface area contributed by atoms with Gasteiger partial charge in [0.25, 0.3) is 5.91 Å². The molecule has 0 bridgehead atoms. The molecule has 1 aliphatic heterocycles. The first kappa shape index (κ1) is 10.5. The number of halogens is 1. The zero-order valence-corrected chi connectivity index (χ0v) is 8.48. The maximum Gasteiger partial charge on any atom is 0.251 e. The maximum atomic E-state index is 12.7. The molecule has 1 aromatic rings. The van der Waals surface area contributed by atoms with E-state index >= 15 is 0 Å². The SMILES string of the molecule is CN1C(=O)CC(Nc2cc(F)ncn2)C1=O. The number of carbonyl (C=O) groups excluding carboxylic acids is 2. The molecule has 0 radical (unpaired) electrons. The average molecular weight is 224 g/mol. The van der Waals surface area contributed by atoms with E-state index in [1.54, 1.807) is 0 Å². The van der Waals surface area contributed by atoms with Crippen LogP contribution in [0.2, 0.25) is 0 Å². The van der Waals surface area contributed by atoms with Gasteiger partial charge in [-0.25, -0.2) is 9.97 Å². The van der Waals surface area contributed by atoms with Gasteiger partial charge in [-0.3, -0.25) is 14.5 Å². The molecule has 0 aliphatic carbocycles. The molecular formula is C9H9FN4O2. The molecule has 6 nitrogen and oxygen atoms in total. The number of rotatable bonds is 2. The number of imide groups is 1. The highest BCUT2D eigenvalue weighted by Gasteiger charge is 2.36. The van der Waals surface area contributed by atoms with Crippen LogP contribution in [-0.4, -0.2) is 39.8 Å². The van der Waals surface area contributed by atoms with Gasteiger partial charge < -0.3 is 5.32 Å². The Kier molecular flexibility index (Phi) is 2.51. The van der Waals surface area contributed by atoms with Gasteiger partial charge in [0.1, 0.15) is 18.2 Å². The van der Waals surface area contributed by atoms with E-state index in [0.29, 0.717) is 0 Å². The third kappa shape index (κ3) is 1.83. The molecule has 1 atom stereocenters. The van der Waals surface area contributed by atoms with E-state index in [1.165, 1.54) is 7.05 Å². The van der Waals surface area contributed by atoms with E-state index in [2.05, 4.69) is 15.3 Å². The van der Waals surface area contributed by atoms with Crippen LogP contribution in [0.3, 0.4) is 0 Å². The maximum absolute atomic E-state index is 12.7. The molecule has 1 aliphatic rings. The average Bonchev–Trinajstić information content (AvgIpc) is 2.47. The Morgan fingerprint density at radius 3 is 2.81 bits per heavy atom. The first-order chi connectivity index (χ1) is 7.58. The van der Waals surface area contributed by atoms with Gasteiger partial charge in [0.2, 0.25) is 11.9 Å². The first-order valence-corrected chi connectivity index (χ1v) is 4.62. The van der Waals surface area contributed by atoms with Crippen LogP contribution < -0.4 is 5.32 Å². The topological polar surface area (TPSA) is 75.2 Å². The lowest BCUT2D eigenvalue weighted by Gasteiger charge is -2.10. The monoisotopic (exact) mass is 224 g/mol. The number of hydrogen-bond donors (Lipinski definition) is 1. The molecule has 16 heavy (non-hydrogen) atoms. The fourth-order valence-electron chi connectivity index (χ4n) is 1.46. The van der Waals surface area contributed by atoms with Crippen LogP contribution in [0.5, 0.6) is 0 Å². The minimum absolute atomic E-state index is 0.0565. The Labute approximate surface area is 90.5 Å². The van der Waals surface area contributed by atoms with Gasteiger partial charge >= 0.3 is 0 Å². The number of hydrogen-bond acceptors (Lipinski definition) is 5. The lowest BCUT2D eigenvalue weighted by Crippen LogP contribution is -2.32. The number of nitrogens with one attached hydrogen (secondary N) is 1. The van der Waals surface area contributed by atoms with Gasteiger partial charge in [-0.05, 0) is 0 Å². The van der Waals surface area contributed by atoms with Crippen LogP contribution in [-0.2, 0) is 9.59 Å². The number of amides is 2. The van der Waals surface area contributed by atoms with Crippen molar-refractivity contribution in [2.75, 3.05) is 12.4 Å². The zero-order valence-electron chi connectivity index (χ0n) is 8.48. The van der Waals surface area contributed by atoms with E-state index in [0.717, 1.165) is 17.3 Å². The number of likely N-dealkylation sites (N-methyl/N-ethyl adjacent to an activating group) is 1. The number of nitrogens with zero attached hydrogens (tertiary/aromatic N) is 3. The molecule has 1 N–H and O–H groups in total. The van der Waals surface area contributed by atoms with Crippen molar-refractivity contribution in [3.63, 3.8) is 0 Å². The molecule has 0 aromatic carbocycles. The van der Waals surface area contributed by atoms with E-state index in [1.807, 2.05) is 0 Å². The van der Waals surface area contributed by atoms with Gasteiger partial charge in [-0.2, -0.15) is 4.39 Å².